The number of hydrogen-bond acceptors (Lipinski definition) is 3. The quantitative estimate of drug-likeness (QED) is 0.778. The number of esters is 1. The lowest BCUT2D eigenvalue weighted by atomic mass is 9.76. The molecule has 1 aromatic rings. The van der Waals surface area contributed by atoms with Crippen LogP contribution in [0.2, 0.25) is 0 Å². The summed E-state index contributed by atoms with van der Waals surface area (Å²) in [7, 11) is 0. The van der Waals surface area contributed by atoms with Crippen molar-refractivity contribution in [2.45, 2.75) is 45.1 Å². The van der Waals surface area contributed by atoms with Gasteiger partial charge in [-0.15, -0.1) is 0 Å². The third-order valence-corrected chi connectivity index (χ3v) is 5.19. The molecule has 0 bridgehead atoms. The van der Waals surface area contributed by atoms with E-state index in [0.29, 0.717) is 12.3 Å². The van der Waals surface area contributed by atoms with Crippen molar-refractivity contribution in [1.82, 2.24) is 4.90 Å². The lowest BCUT2D eigenvalue weighted by Crippen LogP contribution is -2.51. The molecular weight excluding hydrogens is 274 g/mol. The van der Waals surface area contributed by atoms with Crippen LogP contribution in [0.3, 0.4) is 0 Å². The van der Waals surface area contributed by atoms with E-state index in [1.54, 1.807) is 0 Å². The van der Waals surface area contributed by atoms with E-state index in [9.17, 15) is 4.79 Å². The first-order valence-corrected chi connectivity index (χ1v) is 8.63. The van der Waals surface area contributed by atoms with Crippen LogP contribution in [0.15, 0.2) is 30.3 Å². The van der Waals surface area contributed by atoms with E-state index in [1.165, 1.54) is 19.4 Å². The molecule has 1 aromatic carbocycles. The van der Waals surface area contributed by atoms with Crippen LogP contribution in [0.25, 0.3) is 0 Å². The van der Waals surface area contributed by atoms with Gasteiger partial charge in [-0.2, -0.15) is 0 Å². The van der Waals surface area contributed by atoms with Crippen LogP contribution in [0.4, 0.5) is 0 Å². The number of benzene rings is 1. The molecule has 1 saturated heterocycles. The average Bonchev–Trinajstić information content (AvgIpc) is 3.35. The zero-order valence-electron chi connectivity index (χ0n) is 13.8. The van der Waals surface area contributed by atoms with Gasteiger partial charge in [-0.1, -0.05) is 44.2 Å². The Kier molecular flexibility index (Phi) is 4.53. The zero-order valence-corrected chi connectivity index (χ0v) is 13.8. The minimum Gasteiger partial charge on any atom is -0.454 e. The van der Waals surface area contributed by atoms with Crippen molar-refractivity contribution >= 4 is 5.97 Å². The van der Waals surface area contributed by atoms with Crippen LogP contribution in [0, 0.1) is 11.8 Å². The molecule has 3 nitrogen and oxygen atoms in total. The molecule has 22 heavy (non-hydrogen) atoms. The molecular formula is C19H27NO2. The number of carbonyl (C=O) groups excluding carboxylic acids is 1. The van der Waals surface area contributed by atoms with Gasteiger partial charge >= 0.3 is 5.97 Å². The molecule has 120 valence electrons. The second-order valence-corrected chi connectivity index (χ2v) is 6.94. The molecule has 0 radical (unpaired) electrons. The first kappa shape index (κ1) is 15.5. The topological polar surface area (TPSA) is 29.5 Å². The maximum atomic E-state index is 12.0. The minimum absolute atomic E-state index is 0.0913. The largest absolute Gasteiger partial charge is 0.454 e. The summed E-state index contributed by atoms with van der Waals surface area (Å²) in [6, 6.07) is 10.3. The molecule has 0 unspecified atom stereocenters. The van der Waals surface area contributed by atoms with Crippen molar-refractivity contribution in [3.63, 3.8) is 0 Å². The summed E-state index contributed by atoms with van der Waals surface area (Å²) in [5, 5.41) is 0. The molecule has 1 aliphatic heterocycles. The Bertz CT molecular complexity index is 511. The van der Waals surface area contributed by atoms with E-state index in [2.05, 4.69) is 24.0 Å². The molecule has 0 amide bonds. The van der Waals surface area contributed by atoms with Gasteiger partial charge in [-0.25, -0.2) is 0 Å². The second-order valence-electron chi connectivity index (χ2n) is 6.94. The first-order chi connectivity index (χ1) is 10.6. The number of ether oxygens (including phenoxy) is 1. The van der Waals surface area contributed by atoms with Crippen LogP contribution in [-0.2, 0) is 15.1 Å². The summed E-state index contributed by atoms with van der Waals surface area (Å²) in [6.07, 6.45) is 4.11. The van der Waals surface area contributed by atoms with Crippen molar-refractivity contribution in [1.29, 1.82) is 0 Å². The normalized spacial score (nSPS) is 29.3. The third-order valence-electron chi connectivity index (χ3n) is 5.19. The van der Waals surface area contributed by atoms with Gasteiger partial charge in [0.1, 0.15) is 5.60 Å². The number of rotatable bonds is 5. The summed E-state index contributed by atoms with van der Waals surface area (Å²) < 4.78 is 6.03. The Morgan fingerprint density at radius 1 is 1.32 bits per heavy atom. The van der Waals surface area contributed by atoms with Gasteiger partial charge < -0.3 is 9.64 Å². The molecule has 0 N–H and O–H groups in total. The van der Waals surface area contributed by atoms with Gasteiger partial charge in [-0.05, 0) is 24.3 Å². The number of likely N-dealkylation sites (tertiary alicyclic amines) is 1. The Hall–Kier alpha value is -1.35. The summed E-state index contributed by atoms with van der Waals surface area (Å²) >= 11 is 0. The lowest BCUT2D eigenvalue weighted by Gasteiger charge is -2.46. The van der Waals surface area contributed by atoms with Crippen LogP contribution < -0.4 is 0 Å². The Morgan fingerprint density at radius 2 is 2.05 bits per heavy atom. The van der Waals surface area contributed by atoms with Gasteiger partial charge in [0, 0.05) is 38.4 Å². The van der Waals surface area contributed by atoms with Gasteiger partial charge in [0.05, 0.1) is 0 Å². The highest BCUT2D eigenvalue weighted by Crippen LogP contribution is 2.42. The van der Waals surface area contributed by atoms with Crippen molar-refractivity contribution in [3.05, 3.63) is 35.9 Å². The van der Waals surface area contributed by atoms with E-state index >= 15 is 0 Å². The minimum atomic E-state index is -0.450. The van der Waals surface area contributed by atoms with Gasteiger partial charge in [0.15, 0.2) is 0 Å². The average molecular weight is 301 g/mol. The van der Waals surface area contributed by atoms with E-state index in [-0.39, 0.29) is 5.97 Å². The van der Waals surface area contributed by atoms with Gasteiger partial charge in [0.25, 0.3) is 0 Å². The predicted octanol–water partition coefficient (Wildman–Crippen LogP) is 3.59. The fourth-order valence-corrected chi connectivity index (χ4v) is 3.66. The fraction of sp³-hybridized carbons (Fsp3) is 0.632. The van der Waals surface area contributed by atoms with Crippen molar-refractivity contribution in [2.24, 2.45) is 11.8 Å². The molecule has 3 heteroatoms. The summed E-state index contributed by atoms with van der Waals surface area (Å²) in [4.78, 5) is 14.6. The SMILES string of the molecule is CCC(=O)O[C@@]1(c2ccccc2)CCN(CC2CC2)C[C@@H]1C. The smallest absolute Gasteiger partial charge is 0.306 e. The van der Waals surface area contributed by atoms with E-state index in [0.717, 1.165) is 31.0 Å². The number of hydrogen-bond donors (Lipinski definition) is 0. The van der Waals surface area contributed by atoms with E-state index in [4.69, 9.17) is 4.74 Å². The molecule has 2 atom stereocenters. The fourth-order valence-electron chi connectivity index (χ4n) is 3.66. The zero-order chi connectivity index (χ0) is 15.6. The molecule has 1 aliphatic carbocycles. The molecule has 1 heterocycles. The number of piperidine rings is 1. The van der Waals surface area contributed by atoms with Crippen LogP contribution in [-0.4, -0.2) is 30.5 Å². The molecule has 3 rings (SSSR count). The second kappa shape index (κ2) is 6.41. The van der Waals surface area contributed by atoms with E-state index in [1.807, 2.05) is 25.1 Å². The molecule has 1 saturated carbocycles. The maximum absolute atomic E-state index is 12.0. The number of nitrogens with zero attached hydrogens (tertiary/aromatic N) is 1. The van der Waals surface area contributed by atoms with Crippen LogP contribution in [0.5, 0.6) is 0 Å². The Morgan fingerprint density at radius 3 is 2.64 bits per heavy atom. The molecule has 2 fully saturated rings. The van der Waals surface area contributed by atoms with Crippen LogP contribution in [0.1, 0.15) is 45.1 Å². The third kappa shape index (κ3) is 3.19. The monoisotopic (exact) mass is 301 g/mol. The van der Waals surface area contributed by atoms with Crippen molar-refractivity contribution in [2.75, 3.05) is 19.6 Å². The lowest BCUT2D eigenvalue weighted by molar-refractivity contribution is -0.175. The molecule has 2 aliphatic rings. The summed E-state index contributed by atoms with van der Waals surface area (Å²) in [5.41, 5.74) is 0.698. The maximum Gasteiger partial charge on any atom is 0.306 e. The molecule has 0 spiro atoms. The molecule has 0 aromatic heterocycles. The highest BCUT2D eigenvalue weighted by molar-refractivity contribution is 5.69. The standard InChI is InChI=1S/C19H27NO2/c1-3-18(21)22-19(17-7-5-4-6-8-17)11-12-20(13-15(19)2)14-16-9-10-16/h4-8,15-16H,3,9-14H2,1-2H3/t15-,19-/m0/s1. The predicted molar refractivity (Wildman–Crippen MR) is 87.4 cm³/mol. The summed E-state index contributed by atoms with van der Waals surface area (Å²) in [5.74, 6) is 1.14. The Balaban J connectivity index is 1.81. The highest BCUT2D eigenvalue weighted by Gasteiger charge is 2.45. The first-order valence-electron chi connectivity index (χ1n) is 8.63. The van der Waals surface area contributed by atoms with Crippen LogP contribution >= 0.6 is 0 Å². The van der Waals surface area contributed by atoms with Gasteiger partial charge in [-0.3, -0.25) is 4.79 Å². The van der Waals surface area contributed by atoms with Crippen molar-refractivity contribution < 1.29 is 9.53 Å². The Labute approximate surface area is 133 Å². The highest BCUT2D eigenvalue weighted by atomic mass is 16.6. The van der Waals surface area contributed by atoms with E-state index < -0.39 is 5.60 Å². The summed E-state index contributed by atoms with van der Waals surface area (Å²) in [6.45, 7) is 7.36. The van der Waals surface area contributed by atoms with Crippen molar-refractivity contribution in [3.8, 4) is 0 Å². The van der Waals surface area contributed by atoms with Gasteiger partial charge in [0.2, 0.25) is 0 Å². The number of carbonyl (C=O) groups is 1.